The van der Waals surface area contributed by atoms with E-state index < -0.39 is 6.10 Å². The number of pyridine rings is 1. The zero-order valence-electron chi connectivity index (χ0n) is 12.8. The third kappa shape index (κ3) is 3.94. The molecule has 1 aliphatic rings. The highest BCUT2D eigenvalue weighted by molar-refractivity contribution is 5.96. The molecule has 1 aromatic rings. The molecule has 0 aliphatic carbocycles. The van der Waals surface area contributed by atoms with Gasteiger partial charge in [-0.2, -0.15) is 0 Å². The molecule has 1 atom stereocenters. The van der Waals surface area contributed by atoms with E-state index >= 15 is 0 Å². The lowest BCUT2D eigenvalue weighted by Crippen LogP contribution is -2.42. The first-order chi connectivity index (χ1) is 10.5. The molecule has 1 fully saturated rings. The van der Waals surface area contributed by atoms with Crippen LogP contribution >= 0.6 is 0 Å². The fraction of sp³-hybridized carbons (Fsp3) is 0.533. The van der Waals surface area contributed by atoms with Gasteiger partial charge in [0.1, 0.15) is 11.8 Å². The van der Waals surface area contributed by atoms with Crippen molar-refractivity contribution in [3.63, 3.8) is 0 Å². The molecule has 2 N–H and O–H groups in total. The van der Waals surface area contributed by atoms with Gasteiger partial charge in [-0.15, -0.1) is 0 Å². The zero-order chi connectivity index (χ0) is 16.1. The molecule has 1 unspecified atom stereocenters. The SMILES string of the molecule is COc1ncc(C)cc1NC(=O)CN1CCCCC(O)C1=O. The average molecular weight is 307 g/mol. The number of carbonyl (C=O) groups excluding carboxylic acids is 2. The maximum absolute atomic E-state index is 12.2. The molecule has 7 heteroatoms. The fourth-order valence-corrected chi connectivity index (χ4v) is 2.41. The normalized spacial score (nSPS) is 18.8. The molecular formula is C15H21N3O4. The van der Waals surface area contributed by atoms with E-state index in [1.165, 1.54) is 12.0 Å². The number of anilines is 1. The number of nitrogens with one attached hydrogen (secondary N) is 1. The van der Waals surface area contributed by atoms with Gasteiger partial charge in [-0.1, -0.05) is 0 Å². The van der Waals surface area contributed by atoms with Crippen molar-refractivity contribution in [3.05, 3.63) is 17.8 Å². The number of hydrogen-bond acceptors (Lipinski definition) is 5. The summed E-state index contributed by atoms with van der Waals surface area (Å²) in [6.45, 7) is 2.25. The highest BCUT2D eigenvalue weighted by atomic mass is 16.5. The molecule has 0 radical (unpaired) electrons. The summed E-state index contributed by atoms with van der Waals surface area (Å²) in [6.07, 6.45) is 2.65. The molecule has 7 nitrogen and oxygen atoms in total. The van der Waals surface area contributed by atoms with Crippen molar-refractivity contribution in [2.45, 2.75) is 32.3 Å². The third-order valence-corrected chi connectivity index (χ3v) is 3.54. The molecule has 120 valence electrons. The Hall–Kier alpha value is -2.15. The van der Waals surface area contributed by atoms with E-state index in [1.54, 1.807) is 12.3 Å². The second kappa shape index (κ2) is 7.22. The minimum atomic E-state index is -1.01. The van der Waals surface area contributed by atoms with Crippen LogP contribution in [-0.2, 0) is 9.59 Å². The van der Waals surface area contributed by atoms with Crippen molar-refractivity contribution in [1.29, 1.82) is 0 Å². The summed E-state index contributed by atoms with van der Waals surface area (Å²) in [4.78, 5) is 29.6. The van der Waals surface area contributed by atoms with Gasteiger partial charge in [-0.3, -0.25) is 9.59 Å². The van der Waals surface area contributed by atoms with Gasteiger partial charge < -0.3 is 20.1 Å². The summed E-state index contributed by atoms with van der Waals surface area (Å²) in [7, 11) is 1.47. The standard InChI is InChI=1S/C15H21N3O4/c1-10-7-11(14(22-2)16-8-10)17-13(20)9-18-6-4-3-5-12(19)15(18)21/h7-8,12,19H,3-6,9H2,1-2H3,(H,17,20). The molecule has 1 aliphatic heterocycles. The van der Waals surface area contributed by atoms with Crippen molar-refractivity contribution in [1.82, 2.24) is 9.88 Å². The molecule has 2 amide bonds. The maximum atomic E-state index is 12.2. The van der Waals surface area contributed by atoms with Crippen molar-refractivity contribution >= 4 is 17.5 Å². The van der Waals surface area contributed by atoms with Crippen LogP contribution in [0.5, 0.6) is 5.88 Å². The van der Waals surface area contributed by atoms with Gasteiger partial charge in [-0.05, 0) is 37.8 Å². The largest absolute Gasteiger partial charge is 0.480 e. The lowest BCUT2D eigenvalue weighted by atomic mass is 10.2. The van der Waals surface area contributed by atoms with E-state index in [0.717, 1.165) is 18.4 Å². The van der Waals surface area contributed by atoms with Crippen LogP contribution in [-0.4, -0.2) is 53.1 Å². The predicted molar refractivity (Wildman–Crippen MR) is 80.6 cm³/mol. The van der Waals surface area contributed by atoms with Gasteiger partial charge in [0, 0.05) is 12.7 Å². The number of aromatic nitrogens is 1. The Morgan fingerprint density at radius 3 is 3.05 bits per heavy atom. The van der Waals surface area contributed by atoms with Gasteiger partial charge >= 0.3 is 0 Å². The van der Waals surface area contributed by atoms with E-state index in [0.29, 0.717) is 24.5 Å². The van der Waals surface area contributed by atoms with Crippen LogP contribution in [0.1, 0.15) is 24.8 Å². The number of likely N-dealkylation sites (tertiary alicyclic amines) is 1. The summed E-state index contributed by atoms with van der Waals surface area (Å²) >= 11 is 0. The summed E-state index contributed by atoms with van der Waals surface area (Å²) in [5.74, 6) is -0.406. The number of rotatable bonds is 4. The maximum Gasteiger partial charge on any atom is 0.251 e. The molecule has 2 rings (SSSR count). The van der Waals surface area contributed by atoms with Crippen LogP contribution in [0.3, 0.4) is 0 Å². The topological polar surface area (TPSA) is 91.8 Å². The Balaban J connectivity index is 2.03. The predicted octanol–water partition coefficient (Wildman–Crippen LogP) is 0.711. The van der Waals surface area contributed by atoms with Crippen LogP contribution in [0.15, 0.2) is 12.3 Å². The molecule has 0 spiro atoms. The number of hydrogen-bond donors (Lipinski definition) is 2. The molecule has 0 saturated carbocycles. The number of aliphatic hydroxyl groups is 1. The third-order valence-electron chi connectivity index (χ3n) is 3.54. The number of methoxy groups -OCH3 is 1. The summed E-state index contributed by atoms with van der Waals surface area (Å²) < 4.78 is 5.10. The van der Waals surface area contributed by atoms with Crippen LogP contribution in [0, 0.1) is 6.92 Å². The highest BCUT2D eigenvalue weighted by Gasteiger charge is 2.26. The fourth-order valence-electron chi connectivity index (χ4n) is 2.41. The van der Waals surface area contributed by atoms with Gasteiger partial charge in [0.25, 0.3) is 5.91 Å². The lowest BCUT2D eigenvalue weighted by Gasteiger charge is -2.21. The molecule has 22 heavy (non-hydrogen) atoms. The van der Waals surface area contributed by atoms with Gasteiger partial charge in [0.15, 0.2) is 0 Å². The first-order valence-electron chi connectivity index (χ1n) is 7.28. The second-order valence-corrected chi connectivity index (χ2v) is 5.39. The minimum absolute atomic E-state index is 0.0903. The van der Waals surface area contributed by atoms with Crippen molar-refractivity contribution in [3.8, 4) is 5.88 Å². The van der Waals surface area contributed by atoms with E-state index in [2.05, 4.69) is 10.3 Å². The summed E-state index contributed by atoms with van der Waals surface area (Å²) in [5.41, 5.74) is 1.35. The van der Waals surface area contributed by atoms with Gasteiger partial charge in [0.2, 0.25) is 11.8 Å². The Morgan fingerprint density at radius 2 is 2.32 bits per heavy atom. The Bertz CT molecular complexity index is 562. The number of aryl methyl sites for hydroxylation is 1. The Labute approximate surface area is 129 Å². The molecule has 0 bridgehead atoms. The van der Waals surface area contributed by atoms with Crippen molar-refractivity contribution in [2.24, 2.45) is 0 Å². The number of carbonyl (C=O) groups is 2. The zero-order valence-corrected chi connectivity index (χ0v) is 12.8. The number of ether oxygens (including phenoxy) is 1. The van der Waals surface area contributed by atoms with Gasteiger partial charge in [0.05, 0.1) is 13.7 Å². The van der Waals surface area contributed by atoms with Crippen LogP contribution in [0.25, 0.3) is 0 Å². The molecule has 2 heterocycles. The Kier molecular flexibility index (Phi) is 5.32. The highest BCUT2D eigenvalue weighted by Crippen LogP contribution is 2.22. The van der Waals surface area contributed by atoms with E-state index in [1.807, 2.05) is 6.92 Å². The number of aliphatic hydroxyl groups excluding tert-OH is 1. The number of amides is 2. The van der Waals surface area contributed by atoms with Crippen molar-refractivity contribution in [2.75, 3.05) is 25.5 Å². The minimum Gasteiger partial charge on any atom is -0.480 e. The average Bonchev–Trinajstić information content (AvgIpc) is 2.63. The smallest absolute Gasteiger partial charge is 0.251 e. The molecular weight excluding hydrogens is 286 g/mol. The summed E-state index contributed by atoms with van der Waals surface area (Å²) in [5, 5.41) is 12.4. The second-order valence-electron chi connectivity index (χ2n) is 5.39. The number of nitrogens with zero attached hydrogens (tertiary/aromatic N) is 2. The van der Waals surface area contributed by atoms with E-state index in [4.69, 9.17) is 4.74 Å². The lowest BCUT2D eigenvalue weighted by molar-refractivity contribution is -0.141. The van der Waals surface area contributed by atoms with E-state index in [-0.39, 0.29) is 18.4 Å². The van der Waals surface area contributed by atoms with Crippen LogP contribution < -0.4 is 10.1 Å². The van der Waals surface area contributed by atoms with Crippen molar-refractivity contribution < 1.29 is 19.4 Å². The first-order valence-corrected chi connectivity index (χ1v) is 7.28. The Morgan fingerprint density at radius 1 is 1.55 bits per heavy atom. The van der Waals surface area contributed by atoms with Gasteiger partial charge in [-0.25, -0.2) is 4.98 Å². The molecule has 1 aromatic heterocycles. The summed E-state index contributed by atoms with van der Waals surface area (Å²) in [6, 6.07) is 1.75. The molecule has 1 saturated heterocycles. The molecule has 0 aromatic carbocycles. The monoisotopic (exact) mass is 307 g/mol. The quantitative estimate of drug-likeness (QED) is 0.855. The van der Waals surface area contributed by atoms with E-state index in [9.17, 15) is 14.7 Å². The first kappa shape index (κ1) is 16.2. The van der Waals surface area contributed by atoms with Crippen LogP contribution in [0.4, 0.5) is 5.69 Å². The van der Waals surface area contributed by atoms with Crippen LogP contribution in [0.2, 0.25) is 0 Å².